The van der Waals surface area contributed by atoms with E-state index in [1.54, 1.807) is 18.3 Å². The second kappa shape index (κ2) is 6.02. The van der Waals surface area contributed by atoms with Gasteiger partial charge in [-0.2, -0.15) is 18.3 Å². The molecule has 1 atom stereocenters. The number of alkyl halides is 3. The van der Waals surface area contributed by atoms with Crippen LogP contribution in [0.4, 0.5) is 13.2 Å². The molecule has 0 fully saturated rings. The van der Waals surface area contributed by atoms with E-state index in [0.717, 1.165) is 35.0 Å². The Bertz CT molecular complexity index is 954. The molecule has 3 aromatic heterocycles. The fourth-order valence-corrected chi connectivity index (χ4v) is 2.86. The van der Waals surface area contributed by atoms with E-state index in [0.29, 0.717) is 5.52 Å². The lowest BCUT2D eigenvalue weighted by Crippen LogP contribution is -2.17. The van der Waals surface area contributed by atoms with Gasteiger partial charge in [-0.15, -0.1) is 0 Å². The normalized spacial score (nSPS) is 13.2. The van der Waals surface area contributed by atoms with Crippen LogP contribution in [0.1, 0.15) is 40.9 Å². The summed E-state index contributed by atoms with van der Waals surface area (Å²) < 4.78 is 40.7. The zero-order valence-corrected chi connectivity index (χ0v) is 14.2. The summed E-state index contributed by atoms with van der Waals surface area (Å²) in [4.78, 5) is 4.42. The number of pyridine rings is 2. The Morgan fingerprint density at radius 3 is 2.56 bits per heavy atom. The number of aryl methyl sites for hydroxylation is 2. The first-order valence-electron chi connectivity index (χ1n) is 7.86. The molecule has 0 saturated heterocycles. The fourth-order valence-electron chi connectivity index (χ4n) is 2.86. The predicted octanol–water partition coefficient (Wildman–Crippen LogP) is 5.07. The van der Waals surface area contributed by atoms with Crippen LogP contribution >= 0.6 is 0 Å². The molecule has 0 N–H and O–H groups in total. The average Bonchev–Trinajstić information content (AvgIpc) is 2.95. The SMILES string of the molecule is C=C(c1ccn2ncc(C(C)C(F)(F)F)c2c1)c1ccc(C)nc1C. The monoisotopic (exact) mass is 345 g/mol. The quantitative estimate of drug-likeness (QED) is 0.663. The van der Waals surface area contributed by atoms with E-state index in [9.17, 15) is 13.2 Å². The standard InChI is InChI=1S/C19H18F3N3/c1-11-5-6-16(14(4)24-11)12(2)15-7-8-25-18(9-15)17(10-23-25)13(3)19(20,21)22/h5-10,13H,2H2,1,3-4H3. The maximum Gasteiger partial charge on any atom is 0.395 e. The van der Waals surface area contributed by atoms with E-state index in [1.165, 1.54) is 10.7 Å². The summed E-state index contributed by atoms with van der Waals surface area (Å²) in [5.41, 5.74) is 4.67. The van der Waals surface area contributed by atoms with Crippen molar-refractivity contribution in [3.63, 3.8) is 0 Å². The lowest BCUT2D eigenvalue weighted by molar-refractivity contribution is -0.146. The highest BCUT2D eigenvalue weighted by molar-refractivity contribution is 5.81. The number of hydrogen-bond acceptors (Lipinski definition) is 2. The minimum Gasteiger partial charge on any atom is -0.258 e. The third-order valence-corrected chi connectivity index (χ3v) is 4.41. The Kier molecular flexibility index (Phi) is 4.14. The molecule has 0 bridgehead atoms. The first-order valence-corrected chi connectivity index (χ1v) is 7.86. The Morgan fingerprint density at radius 2 is 1.92 bits per heavy atom. The molecule has 0 aliphatic rings. The molecule has 1 unspecified atom stereocenters. The summed E-state index contributed by atoms with van der Waals surface area (Å²) in [6.45, 7) is 9.05. The predicted molar refractivity (Wildman–Crippen MR) is 91.5 cm³/mol. The van der Waals surface area contributed by atoms with Crippen LogP contribution in [-0.2, 0) is 0 Å². The summed E-state index contributed by atoms with van der Waals surface area (Å²) >= 11 is 0. The lowest BCUT2D eigenvalue weighted by Gasteiger charge is -2.15. The van der Waals surface area contributed by atoms with Crippen LogP contribution in [0.5, 0.6) is 0 Å². The van der Waals surface area contributed by atoms with Gasteiger partial charge in [0.1, 0.15) is 0 Å². The molecule has 0 amide bonds. The van der Waals surface area contributed by atoms with Gasteiger partial charge in [-0.1, -0.05) is 12.6 Å². The molecule has 0 aromatic carbocycles. The largest absolute Gasteiger partial charge is 0.395 e. The van der Waals surface area contributed by atoms with Gasteiger partial charge in [-0.05, 0) is 50.1 Å². The molecular formula is C19H18F3N3. The van der Waals surface area contributed by atoms with Crippen LogP contribution in [-0.4, -0.2) is 20.8 Å². The number of nitrogens with zero attached hydrogens (tertiary/aromatic N) is 3. The van der Waals surface area contributed by atoms with Crippen molar-refractivity contribution in [3.05, 3.63) is 71.3 Å². The van der Waals surface area contributed by atoms with Crippen molar-refractivity contribution in [3.8, 4) is 0 Å². The highest BCUT2D eigenvalue weighted by Crippen LogP contribution is 2.36. The number of halogens is 3. The van der Waals surface area contributed by atoms with Gasteiger partial charge in [-0.3, -0.25) is 4.98 Å². The first kappa shape index (κ1) is 17.2. The van der Waals surface area contributed by atoms with E-state index in [4.69, 9.17) is 0 Å². The van der Waals surface area contributed by atoms with Crippen molar-refractivity contribution in [2.24, 2.45) is 0 Å². The molecule has 0 spiro atoms. The topological polar surface area (TPSA) is 30.2 Å². The van der Waals surface area contributed by atoms with Crippen molar-refractivity contribution in [2.45, 2.75) is 32.9 Å². The van der Waals surface area contributed by atoms with Crippen molar-refractivity contribution in [1.29, 1.82) is 0 Å². The highest BCUT2D eigenvalue weighted by Gasteiger charge is 2.38. The Morgan fingerprint density at radius 1 is 1.20 bits per heavy atom. The number of hydrogen-bond donors (Lipinski definition) is 0. The highest BCUT2D eigenvalue weighted by atomic mass is 19.4. The number of fused-ring (bicyclic) bond motifs is 1. The molecule has 0 aliphatic carbocycles. The maximum atomic E-state index is 13.1. The smallest absolute Gasteiger partial charge is 0.258 e. The van der Waals surface area contributed by atoms with E-state index in [2.05, 4.69) is 16.7 Å². The van der Waals surface area contributed by atoms with E-state index >= 15 is 0 Å². The summed E-state index contributed by atoms with van der Waals surface area (Å²) in [6, 6.07) is 7.32. The third kappa shape index (κ3) is 3.16. The van der Waals surface area contributed by atoms with Gasteiger partial charge in [0, 0.05) is 28.7 Å². The van der Waals surface area contributed by atoms with Crippen LogP contribution in [0.2, 0.25) is 0 Å². The molecule has 3 heterocycles. The molecule has 130 valence electrons. The fraction of sp³-hybridized carbons (Fsp3) is 0.263. The van der Waals surface area contributed by atoms with Gasteiger partial charge in [0.2, 0.25) is 0 Å². The van der Waals surface area contributed by atoms with Crippen LogP contribution in [0, 0.1) is 13.8 Å². The lowest BCUT2D eigenvalue weighted by atomic mass is 9.97. The number of rotatable bonds is 3. The Balaban J connectivity index is 2.07. The average molecular weight is 345 g/mol. The van der Waals surface area contributed by atoms with Gasteiger partial charge in [-0.25, -0.2) is 4.52 Å². The molecule has 3 rings (SSSR count). The van der Waals surface area contributed by atoms with Gasteiger partial charge >= 0.3 is 6.18 Å². The van der Waals surface area contributed by atoms with Crippen LogP contribution in [0.25, 0.3) is 11.1 Å². The molecule has 0 saturated carbocycles. The molecule has 3 aromatic rings. The Labute approximate surface area is 143 Å². The summed E-state index contributed by atoms with van der Waals surface area (Å²) in [5, 5.41) is 4.03. The maximum absolute atomic E-state index is 13.1. The summed E-state index contributed by atoms with van der Waals surface area (Å²) in [5.74, 6) is -1.59. The van der Waals surface area contributed by atoms with Gasteiger partial charge < -0.3 is 0 Å². The zero-order chi connectivity index (χ0) is 18.4. The number of aromatic nitrogens is 3. The molecular weight excluding hydrogens is 327 g/mol. The third-order valence-electron chi connectivity index (χ3n) is 4.41. The van der Waals surface area contributed by atoms with Crippen LogP contribution in [0.15, 0.2) is 43.2 Å². The molecule has 3 nitrogen and oxygen atoms in total. The van der Waals surface area contributed by atoms with Crippen molar-refractivity contribution < 1.29 is 13.2 Å². The molecule has 0 radical (unpaired) electrons. The molecule has 6 heteroatoms. The second-order valence-electron chi connectivity index (χ2n) is 6.17. The minimum absolute atomic E-state index is 0.154. The van der Waals surface area contributed by atoms with E-state index in [-0.39, 0.29) is 5.56 Å². The van der Waals surface area contributed by atoms with Gasteiger partial charge in [0.05, 0.1) is 17.6 Å². The zero-order valence-electron chi connectivity index (χ0n) is 14.2. The van der Waals surface area contributed by atoms with Gasteiger partial charge in [0.25, 0.3) is 0 Å². The van der Waals surface area contributed by atoms with Crippen LogP contribution < -0.4 is 0 Å². The first-order chi connectivity index (χ1) is 11.7. The van der Waals surface area contributed by atoms with Crippen molar-refractivity contribution in [2.75, 3.05) is 0 Å². The van der Waals surface area contributed by atoms with Crippen molar-refractivity contribution in [1.82, 2.24) is 14.6 Å². The van der Waals surface area contributed by atoms with E-state index < -0.39 is 12.1 Å². The summed E-state index contributed by atoms with van der Waals surface area (Å²) in [6.07, 6.45) is -1.38. The van der Waals surface area contributed by atoms with Crippen molar-refractivity contribution >= 4 is 11.1 Å². The minimum atomic E-state index is -4.31. The molecule has 25 heavy (non-hydrogen) atoms. The van der Waals surface area contributed by atoms with E-state index in [1.807, 2.05) is 26.0 Å². The second-order valence-corrected chi connectivity index (χ2v) is 6.17. The molecule has 0 aliphatic heterocycles. The van der Waals surface area contributed by atoms with Crippen LogP contribution in [0.3, 0.4) is 0 Å². The van der Waals surface area contributed by atoms with Gasteiger partial charge in [0.15, 0.2) is 0 Å². The Hall–Kier alpha value is -2.63. The summed E-state index contributed by atoms with van der Waals surface area (Å²) in [7, 11) is 0.